The Hall–Kier alpha value is -1.95. The van der Waals surface area contributed by atoms with Crippen molar-refractivity contribution in [1.82, 2.24) is 25.0 Å². The van der Waals surface area contributed by atoms with Crippen LogP contribution >= 0.6 is 0 Å². The highest BCUT2D eigenvalue weighted by Crippen LogP contribution is 2.32. The smallest absolute Gasteiger partial charge is 0.253 e. The van der Waals surface area contributed by atoms with E-state index in [9.17, 15) is 4.79 Å². The molecule has 2 bridgehead atoms. The van der Waals surface area contributed by atoms with Crippen molar-refractivity contribution in [2.24, 2.45) is 0 Å². The van der Waals surface area contributed by atoms with Gasteiger partial charge in [-0.2, -0.15) is 5.10 Å². The summed E-state index contributed by atoms with van der Waals surface area (Å²) in [6.07, 6.45) is 11.8. The summed E-state index contributed by atoms with van der Waals surface area (Å²) in [4.78, 5) is 19.8. The number of aromatic nitrogens is 3. The van der Waals surface area contributed by atoms with Crippen LogP contribution in [-0.4, -0.2) is 50.7 Å². The van der Waals surface area contributed by atoms with Crippen molar-refractivity contribution in [1.29, 1.82) is 0 Å². The first kappa shape index (κ1) is 15.3. The highest BCUT2D eigenvalue weighted by molar-refractivity contribution is 5.97. The Morgan fingerprint density at radius 2 is 2.04 bits per heavy atom. The first-order valence-electron chi connectivity index (χ1n) is 9.61. The minimum Gasteiger partial charge on any atom is -0.345 e. The zero-order valence-electron chi connectivity index (χ0n) is 14.6. The van der Waals surface area contributed by atoms with Crippen LogP contribution in [-0.2, 0) is 0 Å². The second-order valence-electron chi connectivity index (χ2n) is 8.03. The zero-order chi connectivity index (χ0) is 16.9. The van der Waals surface area contributed by atoms with E-state index >= 15 is 0 Å². The van der Waals surface area contributed by atoms with Crippen molar-refractivity contribution in [3.63, 3.8) is 0 Å². The van der Waals surface area contributed by atoms with Crippen LogP contribution in [0.2, 0.25) is 0 Å². The second-order valence-corrected chi connectivity index (χ2v) is 8.03. The van der Waals surface area contributed by atoms with Crippen LogP contribution in [0.4, 0.5) is 0 Å². The van der Waals surface area contributed by atoms with Crippen molar-refractivity contribution in [2.45, 2.75) is 56.5 Å². The lowest BCUT2D eigenvalue weighted by Gasteiger charge is -2.34. The molecule has 0 spiro atoms. The Morgan fingerprint density at radius 1 is 1.16 bits per heavy atom. The van der Waals surface area contributed by atoms with Crippen molar-refractivity contribution in [3.05, 3.63) is 24.0 Å². The lowest BCUT2D eigenvalue weighted by atomic mass is 9.90. The Bertz CT molecular complexity index is 805. The van der Waals surface area contributed by atoms with Crippen LogP contribution in [0.3, 0.4) is 0 Å². The van der Waals surface area contributed by atoms with Crippen molar-refractivity contribution < 1.29 is 4.79 Å². The fraction of sp³-hybridized carbons (Fsp3) is 0.632. The number of carbonyl (C=O) groups is 1. The molecular formula is C19H25N5O. The molecule has 2 atom stereocenters. The van der Waals surface area contributed by atoms with Gasteiger partial charge < -0.3 is 10.2 Å². The molecule has 2 saturated heterocycles. The quantitative estimate of drug-likeness (QED) is 0.933. The van der Waals surface area contributed by atoms with E-state index in [2.05, 4.69) is 25.0 Å². The number of hydrogen-bond acceptors (Lipinski definition) is 4. The third-order valence-electron chi connectivity index (χ3n) is 6.31. The molecule has 3 aliphatic rings. The van der Waals surface area contributed by atoms with Crippen molar-refractivity contribution >= 4 is 16.9 Å². The number of carbonyl (C=O) groups excluding carboxylic acids is 1. The molecule has 6 heteroatoms. The van der Waals surface area contributed by atoms with E-state index in [0.29, 0.717) is 11.6 Å². The number of piperidine rings is 1. The second kappa shape index (κ2) is 5.80. The molecule has 1 saturated carbocycles. The molecule has 1 aliphatic carbocycles. The number of nitrogens with one attached hydrogen (secondary N) is 1. The van der Waals surface area contributed by atoms with Crippen LogP contribution in [0.5, 0.6) is 0 Å². The molecule has 1 N–H and O–H groups in total. The zero-order valence-corrected chi connectivity index (χ0v) is 14.6. The monoisotopic (exact) mass is 339 g/mol. The Kier molecular flexibility index (Phi) is 3.55. The largest absolute Gasteiger partial charge is 0.345 e. The molecule has 0 aromatic carbocycles. The van der Waals surface area contributed by atoms with E-state index in [0.717, 1.165) is 37.0 Å². The number of rotatable bonds is 3. The van der Waals surface area contributed by atoms with Gasteiger partial charge in [-0.15, -0.1) is 0 Å². The minimum absolute atomic E-state index is 0.00627. The number of pyridine rings is 1. The number of fused-ring (bicyclic) bond motifs is 3. The van der Waals surface area contributed by atoms with Gasteiger partial charge in [-0.25, -0.2) is 9.67 Å². The summed E-state index contributed by atoms with van der Waals surface area (Å²) in [5.41, 5.74) is 1.53. The van der Waals surface area contributed by atoms with Crippen molar-refractivity contribution in [2.75, 3.05) is 19.6 Å². The summed E-state index contributed by atoms with van der Waals surface area (Å²) >= 11 is 0. The molecule has 2 aliphatic heterocycles. The summed E-state index contributed by atoms with van der Waals surface area (Å²) in [6, 6.07) is 2.41. The first-order valence-corrected chi connectivity index (χ1v) is 9.61. The van der Waals surface area contributed by atoms with E-state index in [-0.39, 0.29) is 11.4 Å². The van der Waals surface area contributed by atoms with Gasteiger partial charge in [0.05, 0.1) is 23.3 Å². The molecule has 1 amide bonds. The molecule has 132 valence electrons. The number of amides is 1. The van der Waals surface area contributed by atoms with Crippen LogP contribution in [0.1, 0.15) is 61.3 Å². The third-order valence-corrected chi connectivity index (χ3v) is 6.31. The Morgan fingerprint density at radius 3 is 2.92 bits per heavy atom. The van der Waals surface area contributed by atoms with Gasteiger partial charge in [0, 0.05) is 24.7 Å². The van der Waals surface area contributed by atoms with E-state index in [1.54, 1.807) is 6.20 Å². The average molecular weight is 339 g/mol. The summed E-state index contributed by atoms with van der Waals surface area (Å²) in [7, 11) is 0. The van der Waals surface area contributed by atoms with Gasteiger partial charge in [-0.05, 0) is 44.7 Å². The Balaban J connectivity index is 1.38. The molecule has 5 rings (SSSR count). The van der Waals surface area contributed by atoms with Crippen LogP contribution in [0.25, 0.3) is 11.0 Å². The van der Waals surface area contributed by atoms with Gasteiger partial charge in [0.2, 0.25) is 0 Å². The number of nitrogens with zero attached hydrogens (tertiary/aromatic N) is 4. The summed E-state index contributed by atoms with van der Waals surface area (Å²) < 4.78 is 2.05. The standard InChI is InChI=1S/C19H25N5O/c25-18(22-19-6-3-8-23(13-19)9-7-19)15-10-14-12-21-24(17(14)20-11-15)16-4-1-2-5-16/h10-12,16H,1-9,13H2,(H,22,25). The molecule has 4 heterocycles. The van der Waals surface area contributed by atoms with E-state index in [1.807, 2.05) is 12.3 Å². The van der Waals surface area contributed by atoms with E-state index < -0.39 is 0 Å². The Labute approximate surface area is 147 Å². The van der Waals surface area contributed by atoms with E-state index in [1.165, 1.54) is 38.6 Å². The van der Waals surface area contributed by atoms with Crippen LogP contribution in [0.15, 0.2) is 18.5 Å². The van der Waals surface area contributed by atoms with E-state index in [4.69, 9.17) is 0 Å². The molecule has 6 nitrogen and oxygen atoms in total. The maximum Gasteiger partial charge on any atom is 0.253 e. The van der Waals surface area contributed by atoms with Gasteiger partial charge in [0.25, 0.3) is 5.91 Å². The molecule has 2 unspecified atom stereocenters. The van der Waals surface area contributed by atoms with Crippen molar-refractivity contribution in [3.8, 4) is 0 Å². The fourth-order valence-corrected chi connectivity index (χ4v) is 4.95. The summed E-state index contributed by atoms with van der Waals surface area (Å²) in [6.45, 7) is 3.27. The lowest BCUT2D eigenvalue weighted by Crippen LogP contribution is -2.52. The molecule has 2 aromatic heterocycles. The number of hydrogen-bond donors (Lipinski definition) is 1. The van der Waals surface area contributed by atoms with Crippen LogP contribution in [0, 0.1) is 0 Å². The highest BCUT2D eigenvalue weighted by atomic mass is 16.1. The molecular weight excluding hydrogens is 314 g/mol. The first-order chi connectivity index (χ1) is 12.2. The SMILES string of the molecule is O=C(NC12CCCN(CC1)C2)c1cnc2c(cnn2C2CCCC2)c1. The molecule has 25 heavy (non-hydrogen) atoms. The highest BCUT2D eigenvalue weighted by Gasteiger charge is 2.41. The molecule has 0 radical (unpaired) electrons. The van der Waals surface area contributed by atoms with Gasteiger partial charge in [-0.3, -0.25) is 4.79 Å². The van der Waals surface area contributed by atoms with Gasteiger partial charge in [-0.1, -0.05) is 12.8 Å². The summed E-state index contributed by atoms with van der Waals surface area (Å²) in [5.74, 6) is 0.00627. The predicted octanol–water partition coefficient (Wildman–Crippen LogP) is 2.51. The van der Waals surface area contributed by atoms with Gasteiger partial charge in [0.15, 0.2) is 5.65 Å². The molecule has 2 aromatic rings. The van der Waals surface area contributed by atoms with Crippen LogP contribution < -0.4 is 5.32 Å². The topological polar surface area (TPSA) is 63.1 Å². The predicted molar refractivity (Wildman–Crippen MR) is 95.5 cm³/mol. The van der Waals surface area contributed by atoms with Gasteiger partial charge >= 0.3 is 0 Å². The average Bonchev–Trinajstić information content (AvgIpc) is 3.33. The normalized spacial score (nSPS) is 29.4. The maximum atomic E-state index is 12.8. The maximum absolute atomic E-state index is 12.8. The minimum atomic E-state index is -0.0294. The fourth-order valence-electron chi connectivity index (χ4n) is 4.95. The van der Waals surface area contributed by atoms with Gasteiger partial charge in [0.1, 0.15) is 0 Å². The third kappa shape index (κ3) is 2.63. The molecule has 3 fully saturated rings. The summed E-state index contributed by atoms with van der Waals surface area (Å²) in [5, 5.41) is 8.83. The lowest BCUT2D eigenvalue weighted by molar-refractivity contribution is 0.0877.